The summed E-state index contributed by atoms with van der Waals surface area (Å²) in [6.45, 7) is 3.63. The van der Waals surface area contributed by atoms with Crippen LogP contribution >= 0.6 is 0 Å². The van der Waals surface area contributed by atoms with E-state index in [1.54, 1.807) is 0 Å². The number of hydrogen-bond donors (Lipinski definition) is 3. The first-order valence-electron chi connectivity index (χ1n) is 8.08. The summed E-state index contributed by atoms with van der Waals surface area (Å²) in [7, 11) is 0. The quantitative estimate of drug-likeness (QED) is 0.423. The van der Waals surface area contributed by atoms with Crippen molar-refractivity contribution in [2.75, 3.05) is 0 Å². The number of carbonyl (C=O) groups excluding carboxylic acids is 1. The third-order valence-corrected chi connectivity index (χ3v) is 3.74. The van der Waals surface area contributed by atoms with Gasteiger partial charge >= 0.3 is 11.9 Å². The standard InChI is InChI=1S/C17H22N2O7/c1-10(2)7-14(17(23)24)18-16(22)12(9-15(20)21)8-11-3-5-13(6-4-11)19(25)26/h3-6,10,12,14H,7-9H2,1-2H3,(H,18,22)(H,20,21)(H,23,24)/t12-,14-/m0/s1. The summed E-state index contributed by atoms with van der Waals surface area (Å²) >= 11 is 0. The number of nitrogens with zero attached hydrogens (tertiary/aromatic N) is 1. The molecular formula is C17H22N2O7. The first-order chi connectivity index (χ1) is 12.1. The van der Waals surface area contributed by atoms with Crippen molar-refractivity contribution in [3.8, 4) is 0 Å². The highest BCUT2D eigenvalue weighted by Gasteiger charge is 2.27. The Morgan fingerprint density at radius 1 is 1.15 bits per heavy atom. The lowest BCUT2D eigenvalue weighted by Gasteiger charge is -2.20. The molecule has 1 amide bonds. The summed E-state index contributed by atoms with van der Waals surface area (Å²) in [5.41, 5.74) is 0.434. The van der Waals surface area contributed by atoms with Crippen LogP contribution in [0.1, 0.15) is 32.3 Å². The normalized spacial score (nSPS) is 13.0. The van der Waals surface area contributed by atoms with Crippen LogP contribution in [0.15, 0.2) is 24.3 Å². The van der Waals surface area contributed by atoms with Crippen LogP contribution in [-0.4, -0.2) is 39.0 Å². The van der Waals surface area contributed by atoms with Gasteiger partial charge in [-0.3, -0.25) is 19.7 Å². The molecule has 0 aliphatic rings. The average molecular weight is 366 g/mol. The molecule has 0 aliphatic carbocycles. The van der Waals surface area contributed by atoms with Crippen molar-refractivity contribution < 1.29 is 29.5 Å². The van der Waals surface area contributed by atoms with Crippen molar-refractivity contribution in [1.82, 2.24) is 5.32 Å². The van der Waals surface area contributed by atoms with Gasteiger partial charge in [-0.15, -0.1) is 0 Å². The van der Waals surface area contributed by atoms with E-state index in [2.05, 4.69) is 5.32 Å². The number of carbonyl (C=O) groups is 3. The highest BCUT2D eigenvalue weighted by Crippen LogP contribution is 2.18. The predicted octanol–water partition coefficient (Wildman–Crippen LogP) is 1.84. The molecule has 26 heavy (non-hydrogen) atoms. The number of benzene rings is 1. The highest BCUT2D eigenvalue weighted by molar-refractivity contribution is 5.87. The maximum absolute atomic E-state index is 12.4. The van der Waals surface area contributed by atoms with Gasteiger partial charge in [0.05, 0.1) is 17.3 Å². The molecular weight excluding hydrogens is 344 g/mol. The van der Waals surface area contributed by atoms with Gasteiger partial charge in [0.1, 0.15) is 6.04 Å². The molecule has 3 N–H and O–H groups in total. The van der Waals surface area contributed by atoms with E-state index in [-0.39, 0.29) is 24.4 Å². The van der Waals surface area contributed by atoms with Crippen LogP contribution < -0.4 is 5.32 Å². The molecule has 1 rings (SSSR count). The fraction of sp³-hybridized carbons (Fsp3) is 0.471. The third-order valence-electron chi connectivity index (χ3n) is 3.74. The van der Waals surface area contributed by atoms with Crippen LogP contribution in [0.4, 0.5) is 5.69 Å². The summed E-state index contributed by atoms with van der Waals surface area (Å²) in [5, 5.41) is 31.3. The number of nitrogens with one attached hydrogen (secondary N) is 1. The number of carboxylic acid groups (broad SMARTS) is 2. The fourth-order valence-corrected chi connectivity index (χ4v) is 2.49. The molecule has 1 aromatic rings. The number of hydrogen-bond acceptors (Lipinski definition) is 5. The van der Waals surface area contributed by atoms with Crippen LogP contribution in [0.5, 0.6) is 0 Å². The lowest BCUT2D eigenvalue weighted by Crippen LogP contribution is -2.45. The minimum absolute atomic E-state index is 0.0315. The maximum Gasteiger partial charge on any atom is 0.326 e. The smallest absolute Gasteiger partial charge is 0.326 e. The molecule has 9 heteroatoms. The molecule has 0 heterocycles. The molecule has 0 radical (unpaired) electrons. The zero-order valence-electron chi connectivity index (χ0n) is 14.5. The zero-order chi connectivity index (χ0) is 19.9. The molecule has 0 unspecified atom stereocenters. The Morgan fingerprint density at radius 3 is 2.15 bits per heavy atom. The number of carboxylic acids is 2. The van der Waals surface area contributed by atoms with Crippen molar-refractivity contribution in [3.05, 3.63) is 39.9 Å². The largest absolute Gasteiger partial charge is 0.481 e. The molecule has 0 aliphatic heterocycles. The first kappa shape index (κ1) is 21.1. The lowest BCUT2D eigenvalue weighted by molar-refractivity contribution is -0.384. The summed E-state index contributed by atoms with van der Waals surface area (Å²) in [6.07, 6.45) is -0.223. The van der Waals surface area contributed by atoms with Crippen molar-refractivity contribution in [1.29, 1.82) is 0 Å². The molecule has 0 aromatic heterocycles. The van der Waals surface area contributed by atoms with Crippen LogP contribution in [-0.2, 0) is 20.8 Å². The van der Waals surface area contributed by atoms with Crippen molar-refractivity contribution >= 4 is 23.5 Å². The summed E-state index contributed by atoms with van der Waals surface area (Å²) in [4.78, 5) is 44.9. The van der Waals surface area contributed by atoms with Gasteiger partial charge in [-0.2, -0.15) is 0 Å². The van der Waals surface area contributed by atoms with Gasteiger partial charge < -0.3 is 15.5 Å². The van der Waals surface area contributed by atoms with Crippen LogP contribution in [0.2, 0.25) is 0 Å². The topological polar surface area (TPSA) is 147 Å². The Kier molecular flexibility index (Phi) is 7.70. The first-order valence-corrected chi connectivity index (χ1v) is 8.08. The monoisotopic (exact) mass is 366 g/mol. The lowest BCUT2D eigenvalue weighted by atomic mass is 9.94. The molecule has 142 valence electrons. The molecule has 0 saturated carbocycles. The second-order valence-corrected chi connectivity index (χ2v) is 6.45. The van der Waals surface area contributed by atoms with Gasteiger partial charge in [0.15, 0.2) is 0 Å². The molecule has 0 saturated heterocycles. The number of aliphatic carboxylic acids is 2. The van der Waals surface area contributed by atoms with Crippen LogP contribution in [0.25, 0.3) is 0 Å². The Morgan fingerprint density at radius 2 is 1.73 bits per heavy atom. The minimum atomic E-state index is -1.19. The SMILES string of the molecule is CC(C)C[C@H](NC(=O)[C@H](CC(=O)O)Cc1ccc([N+](=O)[O-])cc1)C(=O)O. The maximum atomic E-state index is 12.4. The number of rotatable bonds is 10. The van der Waals surface area contributed by atoms with Gasteiger partial charge in [0, 0.05) is 12.1 Å². The second-order valence-electron chi connectivity index (χ2n) is 6.45. The average Bonchev–Trinajstić information content (AvgIpc) is 2.53. The molecule has 2 atom stereocenters. The molecule has 0 spiro atoms. The van der Waals surface area contributed by atoms with E-state index < -0.39 is 41.1 Å². The van der Waals surface area contributed by atoms with Crippen molar-refractivity contribution in [2.24, 2.45) is 11.8 Å². The number of nitro groups is 1. The zero-order valence-corrected chi connectivity index (χ0v) is 14.5. The van der Waals surface area contributed by atoms with E-state index in [1.807, 2.05) is 13.8 Å². The highest BCUT2D eigenvalue weighted by atomic mass is 16.6. The van der Waals surface area contributed by atoms with Gasteiger partial charge in [0.25, 0.3) is 5.69 Å². The third kappa shape index (κ3) is 6.88. The van der Waals surface area contributed by atoms with E-state index in [4.69, 9.17) is 5.11 Å². The Labute approximate surface area is 150 Å². The van der Waals surface area contributed by atoms with Crippen molar-refractivity contribution in [3.63, 3.8) is 0 Å². The molecule has 1 aromatic carbocycles. The fourth-order valence-electron chi connectivity index (χ4n) is 2.49. The Bertz CT molecular complexity index is 670. The van der Waals surface area contributed by atoms with E-state index in [0.717, 1.165) is 0 Å². The number of nitro benzene ring substituents is 1. The van der Waals surface area contributed by atoms with Gasteiger partial charge in [-0.25, -0.2) is 4.79 Å². The van der Waals surface area contributed by atoms with E-state index >= 15 is 0 Å². The van der Waals surface area contributed by atoms with E-state index in [9.17, 15) is 29.6 Å². The molecule has 0 fully saturated rings. The summed E-state index contributed by atoms with van der Waals surface area (Å²) in [5.74, 6) is -4.00. The molecule has 0 bridgehead atoms. The predicted molar refractivity (Wildman–Crippen MR) is 91.6 cm³/mol. The minimum Gasteiger partial charge on any atom is -0.481 e. The summed E-state index contributed by atoms with van der Waals surface area (Å²) in [6, 6.07) is 4.33. The second kappa shape index (κ2) is 9.50. The molecule has 9 nitrogen and oxygen atoms in total. The van der Waals surface area contributed by atoms with Gasteiger partial charge in [-0.05, 0) is 24.3 Å². The van der Waals surface area contributed by atoms with Gasteiger partial charge in [-0.1, -0.05) is 26.0 Å². The Balaban J connectivity index is 2.90. The number of amides is 1. The van der Waals surface area contributed by atoms with Crippen molar-refractivity contribution in [2.45, 2.75) is 39.2 Å². The Hall–Kier alpha value is -2.97. The van der Waals surface area contributed by atoms with E-state index in [1.165, 1.54) is 24.3 Å². The summed E-state index contributed by atoms with van der Waals surface area (Å²) < 4.78 is 0. The van der Waals surface area contributed by atoms with Crippen LogP contribution in [0, 0.1) is 22.0 Å². The number of non-ortho nitro benzene ring substituents is 1. The van der Waals surface area contributed by atoms with Crippen LogP contribution in [0.3, 0.4) is 0 Å². The van der Waals surface area contributed by atoms with E-state index in [0.29, 0.717) is 5.56 Å². The van der Waals surface area contributed by atoms with Gasteiger partial charge in [0.2, 0.25) is 5.91 Å².